The molecule has 0 amide bonds. The van der Waals surface area contributed by atoms with Crippen LogP contribution in [0, 0.1) is 5.92 Å². The summed E-state index contributed by atoms with van der Waals surface area (Å²) < 4.78 is 0. The zero-order chi connectivity index (χ0) is 9.38. The Hall–Kier alpha value is -1.16. The first-order valence-electron chi connectivity index (χ1n) is 5.18. The summed E-state index contributed by atoms with van der Waals surface area (Å²) in [6, 6.07) is 2.73. The number of hydrogen-bond acceptors (Lipinski definition) is 4. The highest BCUT2D eigenvalue weighted by Crippen LogP contribution is 2.27. The van der Waals surface area contributed by atoms with Crippen LogP contribution in [0.3, 0.4) is 0 Å². The molecule has 4 nitrogen and oxygen atoms in total. The van der Waals surface area contributed by atoms with Gasteiger partial charge in [0, 0.05) is 19.1 Å². The highest BCUT2D eigenvalue weighted by atomic mass is 15.2. The highest BCUT2D eigenvalue weighted by Gasteiger charge is 2.35. The van der Waals surface area contributed by atoms with Crippen LogP contribution in [0.4, 0.5) is 5.69 Å². The van der Waals surface area contributed by atoms with E-state index in [4.69, 9.17) is 0 Å². The predicted octanol–water partition coefficient (Wildman–Crippen LogP) is 0.275. The van der Waals surface area contributed by atoms with Gasteiger partial charge in [-0.25, -0.2) is 0 Å². The lowest BCUT2D eigenvalue weighted by Gasteiger charge is -2.18. The molecule has 0 unspecified atom stereocenters. The van der Waals surface area contributed by atoms with E-state index in [9.17, 15) is 0 Å². The van der Waals surface area contributed by atoms with E-state index in [-0.39, 0.29) is 0 Å². The molecule has 3 rings (SSSR count). The van der Waals surface area contributed by atoms with E-state index in [2.05, 4.69) is 20.4 Å². The molecule has 0 aromatic carbocycles. The number of aromatic nitrogens is 2. The van der Waals surface area contributed by atoms with Crippen LogP contribution in [0.1, 0.15) is 6.42 Å². The molecule has 1 aromatic rings. The number of nitrogens with one attached hydrogen (secondary N) is 1. The number of nitrogens with zero attached hydrogens (tertiary/aromatic N) is 3. The first-order valence-corrected chi connectivity index (χ1v) is 5.18. The molecule has 1 aromatic heterocycles. The van der Waals surface area contributed by atoms with Crippen molar-refractivity contribution in [2.45, 2.75) is 12.5 Å². The van der Waals surface area contributed by atoms with Crippen molar-refractivity contribution in [2.75, 3.05) is 24.5 Å². The van der Waals surface area contributed by atoms with Gasteiger partial charge in [0.1, 0.15) is 0 Å². The molecule has 0 aliphatic carbocycles. The predicted molar refractivity (Wildman–Crippen MR) is 54.1 cm³/mol. The van der Waals surface area contributed by atoms with Gasteiger partial charge in [0.25, 0.3) is 0 Å². The SMILES string of the molecule is c1cc(N2C[C@H]3CCN[C@H]3C2)cnn1. The van der Waals surface area contributed by atoms with E-state index in [0.29, 0.717) is 6.04 Å². The third-order valence-electron chi connectivity index (χ3n) is 3.30. The molecule has 2 atom stereocenters. The first-order chi connectivity index (χ1) is 6.93. The third kappa shape index (κ3) is 1.26. The second-order valence-corrected chi connectivity index (χ2v) is 4.11. The Morgan fingerprint density at radius 2 is 2.36 bits per heavy atom. The van der Waals surface area contributed by atoms with Gasteiger partial charge in [-0.2, -0.15) is 10.2 Å². The van der Waals surface area contributed by atoms with E-state index in [1.54, 1.807) is 6.20 Å². The monoisotopic (exact) mass is 190 g/mol. The molecule has 1 N–H and O–H groups in total. The molecule has 2 aliphatic rings. The van der Waals surface area contributed by atoms with E-state index in [0.717, 1.165) is 12.5 Å². The first kappa shape index (κ1) is 8.17. The Labute approximate surface area is 83.3 Å². The molecule has 2 fully saturated rings. The maximum absolute atomic E-state index is 3.91. The number of hydrogen-bond donors (Lipinski definition) is 1. The van der Waals surface area contributed by atoms with E-state index >= 15 is 0 Å². The van der Waals surface area contributed by atoms with Crippen molar-refractivity contribution in [2.24, 2.45) is 5.92 Å². The van der Waals surface area contributed by atoms with Crippen molar-refractivity contribution in [1.29, 1.82) is 0 Å². The van der Waals surface area contributed by atoms with Gasteiger partial charge in [0.05, 0.1) is 18.1 Å². The summed E-state index contributed by atoms with van der Waals surface area (Å²) in [4.78, 5) is 2.40. The maximum Gasteiger partial charge on any atom is 0.0729 e. The summed E-state index contributed by atoms with van der Waals surface area (Å²) in [5.74, 6) is 0.836. The van der Waals surface area contributed by atoms with Crippen molar-refractivity contribution in [3.05, 3.63) is 18.5 Å². The van der Waals surface area contributed by atoms with Gasteiger partial charge in [0.2, 0.25) is 0 Å². The van der Waals surface area contributed by atoms with Gasteiger partial charge in [-0.05, 0) is 24.9 Å². The fraction of sp³-hybridized carbons (Fsp3) is 0.600. The molecule has 0 spiro atoms. The molecule has 74 valence electrons. The Bertz CT molecular complexity index is 301. The zero-order valence-corrected chi connectivity index (χ0v) is 8.06. The van der Waals surface area contributed by atoms with Crippen LogP contribution in [0.25, 0.3) is 0 Å². The third-order valence-corrected chi connectivity index (χ3v) is 3.30. The molecular weight excluding hydrogens is 176 g/mol. The molecule has 4 heteroatoms. The molecule has 0 radical (unpaired) electrons. The van der Waals surface area contributed by atoms with Crippen molar-refractivity contribution in [3.8, 4) is 0 Å². The van der Waals surface area contributed by atoms with Gasteiger partial charge < -0.3 is 10.2 Å². The molecule has 3 heterocycles. The number of anilines is 1. The van der Waals surface area contributed by atoms with Crippen molar-refractivity contribution < 1.29 is 0 Å². The summed E-state index contributed by atoms with van der Waals surface area (Å²) in [6.45, 7) is 3.48. The second-order valence-electron chi connectivity index (χ2n) is 4.11. The molecular formula is C10H14N4. The largest absolute Gasteiger partial charge is 0.368 e. The van der Waals surface area contributed by atoms with Crippen LogP contribution in [0.2, 0.25) is 0 Å². The highest BCUT2D eigenvalue weighted by molar-refractivity contribution is 5.44. The van der Waals surface area contributed by atoms with Gasteiger partial charge in [0.15, 0.2) is 0 Å². The fourth-order valence-corrected chi connectivity index (χ4v) is 2.53. The second kappa shape index (κ2) is 3.20. The van der Waals surface area contributed by atoms with Crippen LogP contribution in [0.15, 0.2) is 18.5 Å². The summed E-state index contributed by atoms with van der Waals surface area (Å²) >= 11 is 0. The van der Waals surface area contributed by atoms with Crippen LogP contribution < -0.4 is 10.2 Å². The standard InChI is InChI=1S/C10H14N4/c1-3-11-10-7-14(6-8(1)10)9-2-4-12-13-5-9/h2,4-5,8,10-11H,1,3,6-7H2/t8-,10+/m1/s1. The normalized spacial score (nSPS) is 30.7. The van der Waals surface area contributed by atoms with Crippen LogP contribution in [0.5, 0.6) is 0 Å². The Kier molecular flexibility index (Phi) is 1.87. The smallest absolute Gasteiger partial charge is 0.0729 e. The van der Waals surface area contributed by atoms with Crippen molar-refractivity contribution in [1.82, 2.24) is 15.5 Å². The van der Waals surface area contributed by atoms with Gasteiger partial charge in [-0.3, -0.25) is 0 Å². The Morgan fingerprint density at radius 3 is 3.14 bits per heavy atom. The lowest BCUT2D eigenvalue weighted by atomic mass is 10.1. The molecule has 2 aliphatic heterocycles. The minimum absolute atomic E-state index is 0.697. The average Bonchev–Trinajstić information content (AvgIpc) is 2.78. The molecule has 14 heavy (non-hydrogen) atoms. The molecule has 0 saturated carbocycles. The van der Waals surface area contributed by atoms with Gasteiger partial charge in [-0.15, -0.1) is 0 Å². The van der Waals surface area contributed by atoms with E-state index < -0.39 is 0 Å². The van der Waals surface area contributed by atoms with E-state index in [1.165, 1.54) is 25.2 Å². The van der Waals surface area contributed by atoms with Crippen LogP contribution in [-0.4, -0.2) is 35.9 Å². The Balaban J connectivity index is 1.77. The summed E-state index contributed by atoms with van der Waals surface area (Å²) in [6.07, 6.45) is 4.93. The van der Waals surface area contributed by atoms with Crippen LogP contribution >= 0.6 is 0 Å². The fourth-order valence-electron chi connectivity index (χ4n) is 2.53. The zero-order valence-electron chi connectivity index (χ0n) is 8.06. The van der Waals surface area contributed by atoms with Gasteiger partial charge in [-0.1, -0.05) is 0 Å². The minimum atomic E-state index is 0.697. The summed E-state index contributed by atoms with van der Waals surface area (Å²) in [5, 5.41) is 11.2. The summed E-state index contributed by atoms with van der Waals surface area (Å²) in [5.41, 5.74) is 1.20. The van der Waals surface area contributed by atoms with Gasteiger partial charge >= 0.3 is 0 Å². The van der Waals surface area contributed by atoms with Crippen molar-refractivity contribution >= 4 is 5.69 Å². The maximum atomic E-state index is 3.91. The number of rotatable bonds is 1. The molecule has 0 bridgehead atoms. The number of fused-ring (bicyclic) bond motifs is 1. The lowest BCUT2D eigenvalue weighted by molar-refractivity contribution is 0.556. The Morgan fingerprint density at radius 1 is 1.36 bits per heavy atom. The van der Waals surface area contributed by atoms with Crippen LogP contribution in [-0.2, 0) is 0 Å². The van der Waals surface area contributed by atoms with Crippen molar-refractivity contribution in [3.63, 3.8) is 0 Å². The summed E-state index contributed by atoms with van der Waals surface area (Å²) in [7, 11) is 0. The van der Waals surface area contributed by atoms with E-state index in [1.807, 2.05) is 12.3 Å². The minimum Gasteiger partial charge on any atom is -0.368 e. The quantitative estimate of drug-likeness (QED) is 0.690. The molecule has 2 saturated heterocycles. The lowest BCUT2D eigenvalue weighted by Crippen LogP contribution is -2.30. The average molecular weight is 190 g/mol. The topological polar surface area (TPSA) is 41.0 Å².